The van der Waals surface area contributed by atoms with Gasteiger partial charge in [-0.05, 0) is 38.5 Å². The third-order valence-electron chi connectivity index (χ3n) is 9.06. The fourth-order valence-electron chi connectivity index (χ4n) is 7.00. The lowest BCUT2D eigenvalue weighted by Crippen LogP contribution is -2.67. The van der Waals surface area contributed by atoms with Crippen molar-refractivity contribution in [1.29, 1.82) is 0 Å². The van der Waals surface area contributed by atoms with Gasteiger partial charge in [0.25, 0.3) is 6.43 Å². The van der Waals surface area contributed by atoms with E-state index in [-0.39, 0.29) is 64.0 Å². The number of rotatable bonds is 6. The molecule has 12 unspecified atom stereocenters. The van der Waals surface area contributed by atoms with Crippen molar-refractivity contribution in [3.8, 4) is 0 Å². The van der Waals surface area contributed by atoms with E-state index >= 15 is 0 Å². The largest absolute Gasteiger partial charge is 0.380 e. The van der Waals surface area contributed by atoms with E-state index < -0.39 is 18.5 Å². The number of piperidine rings is 2. The number of nitrogens with one attached hydrogen (secondary N) is 6. The van der Waals surface area contributed by atoms with Crippen LogP contribution in [0.15, 0.2) is 0 Å². The van der Waals surface area contributed by atoms with Crippen molar-refractivity contribution in [2.75, 3.05) is 39.8 Å². The maximum Gasteiger partial charge on any atom is 0.255 e. The van der Waals surface area contributed by atoms with Crippen LogP contribution in [-0.2, 0) is 14.3 Å². The summed E-state index contributed by atoms with van der Waals surface area (Å²) in [6.45, 7) is 6.58. The third-order valence-corrected chi connectivity index (χ3v) is 10.7. The Labute approximate surface area is 238 Å². The summed E-state index contributed by atoms with van der Waals surface area (Å²) in [5, 5.41) is 19.4. The molecule has 0 spiro atoms. The summed E-state index contributed by atoms with van der Waals surface area (Å²) in [4.78, 5) is 28.4. The lowest BCUT2D eigenvalue weighted by atomic mass is 9.70. The van der Waals surface area contributed by atoms with Gasteiger partial charge < -0.3 is 30.9 Å². The monoisotopic (exact) mass is 593 g/mol. The van der Waals surface area contributed by atoms with Gasteiger partial charge in [0, 0.05) is 63.2 Å². The fraction of sp³-hybridized carbons (Fsp3) is 0.920. The second-order valence-electron chi connectivity index (χ2n) is 11.8. The molecule has 5 saturated heterocycles. The Kier molecular flexibility index (Phi) is 9.59. The van der Waals surface area contributed by atoms with Gasteiger partial charge in [0.2, 0.25) is 11.8 Å². The van der Waals surface area contributed by atoms with Crippen LogP contribution in [0.5, 0.6) is 0 Å². The van der Waals surface area contributed by atoms with E-state index in [1.54, 1.807) is 23.8 Å². The first-order valence-corrected chi connectivity index (χ1v) is 15.4. The number of fused-ring (bicyclic) bond motifs is 1. The molecule has 5 aliphatic heterocycles. The zero-order valence-electron chi connectivity index (χ0n) is 22.7. The molecule has 0 radical (unpaired) electrons. The number of halogens is 3. The molecule has 0 aromatic carbocycles. The van der Waals surface area contributed by atoms with Gasteiger partial charge in [-0.1, -0.05) is 0 Å². The molecular formula is C25H42ClF2N7O3S. The van der Waals surface area contributed by atoms with E-state index in [4.69, 9.17) is 16.3 Å². The van der Waals surface area contributed by atoms with Crippen molar-refractivity contribution in [3.05, 3.63) is 0 Å². The molecule has 5 heterocycles. The molecule has 2 amide bonds. The van der Waals surface area contributed by atoms with Crippen molar-refractivity contribution >= 4 is 35.2 Å². The number of likely N-dealkylation sites (tertiary alicyclic amines) is 1. The number of carbonyl (C=O) groups is 2. The summed E-state index contributed by atoms with van der Waals surface area (Å²) in [6, 6.07) is -1.92. The van der Waals surface area contributed by atoms with Crippen LogP contribution in [0, 0.1) is 17.8 Å². The van der Waals surface area contributed by atoms with Gasteiger partial charge >= 0.3 is 0 Å². The number of amides is 2. The molecule has 0 aromatic heterocycles. The molecular weight excluding hydrogens is 552 g/mol. The van der Waals surface area contributed by atoms with Gasteiger partial charge in [-0.3, -0.25) is 20.2 Å². The van der Waals surface area contributed by atoms with Gasteiger partial charge in [-0.25, -0.2) is 8.78 Å². The Morgan fingerprint density at radius 1 is 1.03 bits per heavy atom. The van der Waals surface area contributed by atoms with Crippen LogP contribution in [0.1, 0.15) is 26.7 Å². The molecule has 14 heteroatoms. The molecule has 0 saturated carbocycles. The molecule has 222 valence electrons. The minimum atomic E-state index is -2.63. The molecule has 10 nitrogen and oxygen atoms in total. The molecule has 0 bridgehead atoms. The number of ether oxygens (including phenoxy) is 1. The first-order chi connectivity index (χ1) is 18.6. The lowest BCUT2D eigenvalue weighted by molar-refractivity contribution is -0.136. The van der Waals surface area contributed by atoms with Crippen molar-refractivity contribution in [1.82, 2.24) is 36.8 Å². The van der Waals surface area contributed by atoms with E-state index in [1.807, 2.05) is 6.92 Å². The summed E-state index contributed by atoms with van der Waals surface area (Å²) in [5.74, 6) is -0.164. The zero-order chi connectivity index (χ0) is 27.8. The Balaban J connectivity index is 1.17. The van der Waals surface area contributed by atoms with Crippen LogP contribution in [-0.4, -0.2) is 116 Å². The second kappa shape index (κ2) is 12.6. The Hall–Kier alpha value is -0.800. The average molecular weight is 594 g/mol. The zero-order valence-corrected chi connectivity index (χ0v) is 24.2. The highest BCUT2D eigenvalue weighted by atomic mass is 35.5. The molecule has 0 aromatic rings. The smallest absolute Gasteiger partial charge is 0.255 e. The molecule has 0 aliphatic carbocycles. The Morgan fingerprint density at radius 2 is 1.82 bits per heavy atom. The minimum absolute atomic E-state index is 0.00283. The molecule has 5 rings (SSSR count). The predicted octanol–water partition coefficient (Wildman–Crippen LogP) is -0.311. The highest BCUT2D eigenvalue weighted by molar-refractivity contribution is 8.00. The number of carbonyl (C=O) groups excluding carboxylic acids is 2. The quantitative estimate of drug-likeness (QED) is 0.182. The van der Waals surface area contributed by atoms with E-state index in [1.165, 1.54) is 0 Å². The minimum Gasteiger partial charge on any atom is -0.380 e. The normalized spacial score (nSPS) is 44.8. The number of nitrogens with zero attached hydrogens (tertiary/aromatic N) is 1. The number of hydrogen-bond donors (Lipinski definition) is 6. The van der Waals surface area contributed by atoms with Crippen LogP contribution in [0.2, 0.25) is 0 Å². The number of hydrogen-bond acceptors (Lipinski definition) is 9. The number of alkyl halides is 3. The summed E-state index contributed by atoms with van der Waals surface area (Å²) in [5.41, 5.74) is -0.397. The molecule has 5 aliphatic rings. The van der Waals surface area contributed by atoms with Crippen molar-refractivity contribution in [2.24, 2.45) is 17.8 Å². The van der Waals surface area contributed by atoms with Gasteiger partial charge in [0.1, 0.15) is 11.5 Å². The van der Waals surface area contributed by atoms with Crippen molar-refractivity contribution in [3.63, 3.8) is 0 Å². The Morgan fingerprint density at radius 3 is 2.54 bits per heavy atom. The maximum atomic E-state index is 13.6. The third kappa shape index (κ3) is 6.50. The van der Waals surface area contributed by atoms with E-state index in [2.05, 4.69) is 38.8 Å². The highest BCUT2D eigenvalue weighted by Crippen LogP contribution is 2.38. The number of methoxy groups -OCH3 is 1. The van der Waals surface area contributed by atoms with Crippen molar-refractivity contribution in [2.45, 2.75) is 85.7 Å². The SMILES string of the molecule is COC1CNC(Cl)CC1C1CC(C)NCC1C(=O)NC1NC2CN(C(=O)C3NC(C)CNC3C(F)F)CC2S1. The second-order valence-corrected chi connectivity index (χ2v) is 13.6. The van der Waals surface area contributed by atoms with Crippen LogP contribution in [0.4, 0.5) is 8.78 Å². The van der Waals surface area contributed by atoms with Gasteiger partial charge in [-0.2, -0.15) is 0 Å². The van der Waals surface area contributed by atoms with E-state index in [9.17, 15) is 18.4 Å². The van der Waals surface area contributed by atoms with Crippen LogP contribution in [0.3, 0.4) is 0 Å². The first-order valence-electron chi connectivity index (χ1n) is 14.1. The lowest BCUT2D eigenvalue weighted by Gasteiger charge is -2.45. The average Bonchev–Trinajstić information content (AvgIpc) is 3.46. The molecule has 5 fully saturated rings. The topological polar surface area (TPSA) is 119 Å². The standard InChI is InChI=1S/C25H42ClF2N7O3S/c1-11-4-13(14-5-19(26)30-8-17(14)38-3)15(7-29-11)23(36)34-25-33-16-9-35(10-18(16)39-25)24(37)21-20(22(27)28)31-6-12(2)32-21/h11-22,25,29-33H,4-10H2,1-3H3,(H,34,36). The van der Waals surface area contributed by atoms with Crippen molar-refractivity contribution < 1.29 is 23.1 Å². The van der Waals surface area contributed by atoms with Crippen LogP contribution >= 0.6 is 23.4 Å². The van der Waals surface area contributed by atoms with E-state index in [0.717, 1.165) is 12.8 Å². The van der Waals surface area contributed by atoms with Crippen LogP contribution < -0.4 is 31.9 Å². The predicted molar refractivity (Wildman–Crippen MR) is 147 cm³/mol. The number of piperazine rings is 1. The fourth-order valence-corrected chi connectivity index (χ4v) is 8.70. The molecule has 12 atom stereocenters. The van der Waals surface area contributed by atoms with Gasteiger partial charge in [0.15, 0.2) is 0 Å². The summed E-state index contributed by atoms with van der Waals surface area (Å²) in [7, 11) is 1.72. The molecule has 39 heavy (non-hydrogen) atoms. The van der Waals surface area contributed by atoms with Gasteiger partial charge in [0.05, 0.1) is 23.6 Å². The van der Waals surface area contributed by atoms with Crippen LogP contribution in [0.25, 0.3) is 0 Å². The van der Waals surface area contributed by atoms with E-state index in [0.29, 0.717) is 38.8 Å². The highest BCUT2D eigenvalue weighted by Gasteiger charge is 2.49. The van der Waals surface area contributed by atoms with Gasteiger partial charge in [-0.15, -0.1) is 23.4 Å². The first kappa shape index (κ1) is 29.7. The summed E-state index contributed by atoms with van der Waals surface area (Å²) >= 11 is 8.05. The summed E-state index contributed by atoms with van der Waals surface area (Å²) < 4.78 is 32.9. The Bertz CT molecular complexity index is 883. The molecule has 6 N–H and O–H groups in total. The summed E-state index contributed by atoms with van der Waals surface area (Å²) in [6.07, 6.45) is -0.993. The number of thioether (sulfide) groups is 1. The maximum absolute atomic E-state index is 13.6.